The number of rotatable bonds is 4. The Morgan fingerprint density at radius 3 is 2.56 bits per heavy atom. The first-order chi connectivity index (χ1) is 8.67. The Bertz CT molecular complexity index is 419. The van der Waals surface area contributed by atoms with E-state index in [2.05, 4.69) is 32.9 Å². The van der Waals surface area contributed by atoms with Crippen LogP contribution in [0.5, 0.6) is 0 Å². The van der Waals surface area contributed by atoms with Crippen LogP contribution in [0.25, 0.3) is 0 Å². The molecule has 0 radical (unpaired) electrons. The molecular formula is C13H20IN3O. The van der Waals surface area contributed by atoms with Gasteiger partial charge in [-0.25, -0.2) is 9.97 Å². The van der Waals surface area contributed by atoms with Crippen molar-refractivity contribution in [2.24, 2.45) is 0 Å². The Kier molecular flexibility index (Phi) is 4.77. The van der Waals surface area contributed by atoms with Crippen LogP contribution in [0, 0.1) is 3.57 Å². The van der Waals surface area contributed by atoms with Crippen molar-refractivity contribution in [3.63, 3.8) is 0 Å². The summed E-state index contributed by atoms with van der Waals surface area (Å²) in [5, 5.41) is 3.16. The molecule has 0 saturated heterocycles. The lowest BCUT2D eigenvalue weighted by Crippen LogP contribution is -2.12. The number of hydrogen-bond acceptors (Lipinski definition) is 4. The third kappa shape index (κ3) is 2.77. The first kappa shape index (κ1) is 14.0. The van der Waals surface area contributed by atoms with E-state index < -0.39 is 0 Å². The van der Waals surface area contributed by atoms with Gasteiger partial charge in [0.25, 0.3) is 0 Å². The van der Waals surface area contributed by atoms with Crippen LogP contribution in [-0.2, 0) is 4.74 Å². The highest BCUT2D eigenvalue weighted by molar-refractivity contribution is 14.1. The van der Waals surface area contributed by atoms with Gasteiger partial charge in [0.2, 0.25) is 0 Å². The Balaban J connectivity index is 2.42. The molecule has 0 aliphatic heterocycles. The lowest BCUT2D eigenvalue weighted by atomic mass is 10.0. The van der Waals surface area contributed by atoms with Crippen molar-refractivity contribution in [3.8, 4) is 0 Å². The van der Waals surface area contributed by atoms with Gasteiger partial charge in [0.1, 0.15) is 11.9 Å². The van der Waals surface area contributed by atoms with Crippen LogP contribution in [0.4, 0.5) is 5.82 Å². The van der Waals surface area contributed by atoms with Gasteiger partial charge < -0.3 is 10.1 Å². The van der Waals surface area contributed by atoms with Gasteiger partial charge >= 0.3 is 0 Å². The largest absolute Gasteiger partial charge is 0.374 e. The molecule has 5 heteroatoms. The van der Waals surface area contributed by atoms with Crippen LogP contribution in [0.15, 0.2) is 0 Å². The normalized spacial score (nSPS) is 18.0. The molecule has 1 heterocycles. The van der Waals surface area contributed by atoms with Crippen molar-refractivity contribution in [2.75, 3.05) is 19.5 Å². The van der Waals surface area contributed by atoms with Gasteiger partial charge in [0, 0.05) is 20.1 Å². The number of anilines is 1. The van der Waals surface area contributed by atoms with Gasteiger partial charge in [0.05, 0.1) is 9.26 Å². The first-order valence-electron chi connectivity index (χ1n) is 6.45. The van der Waals surface area contributed by atoms with E-state index in [0.29, 0.717) is 5.92 Å². The Morgan fingerprint density at radius 1 is 1.33 bits per heavy atom. The summed E-state index contributed by atoms with van der Waals surface area (Å²) >= 11 is 2.35. The number of halogens is 1. The minimum atomic E-state index is -0.0609. The lowest BCUT2D eigenvalue weighted by molar-refractivity contribution is 0.112. The fourth-order valence-electron chi connectivity index (χ4n) is 2.41. The quantitative estimate of drug-likeness (QED) is 0.834. The molecule has 18 heavy (non-hydrogen) atoms. The standard InChI is InChI=1S/C13H20IN3O/c1-8(18-3)12-16-11(9-6-4-5-7-9)10(14)13(15-2)17-12/h8-9H,4-7H2,1-3H3,(H,15,16,17). The third-order valence-electron chi connectivity index (χ3n) is 3.59. The van der Waals surface area contributed by atoms with E-state index >= 15 is 0 Å². The molecule has 1 aliphatic carbocycles. The minimum absolute atomic E-state index is 0.0609. The molecule has 1 aromatic rings. The molecule has 1 saturated carbocycles. The van der Waals surface area contributed by atoms with Crippen molar-refractivity contribution in [3.05, 3.63) is 15.1 Å². The second-order valence-electron chi connectivity index (χ2n) is 4.74. The molecule has 4 nitrogen and oxygen atoms in total. The van der Waals surface area contributed by atoms with Gasteiger partial charge in [-0.1, -0.05) is 12.8 Å². The topological polar surface area (TPSA) is 47.0 Å². The molecule has 0 aromatic carbocycles. The van der Waals surface area contributed by atoms with E-state index in [-0.39, 0.29) is 6.10 Å². The Morgan fingerprint density at radius 2 is 2.00 bits per heavy atom. The summed E-state index contributed by atoms with van der Waals surface area (Å²) in [6.07, 6.45) is 5.06. The molecule has 1 aromatic heterocycles. The van der Waals surface area contributed by atoms with E-state index in [1.54, 1.807) is 7.11 Å². The highest BCUT2D eigenvalue weighted by Crippen LogP contribution is 2.37. The van der Waals surface area contributed by atoms with Crippen LogP contribution in [0.3, 0.4) is 0 Å². The molecule has 0 amide bonds. The Hall–Kier alpha value is -0.430. The maximum Gasteiger partial charge on any atom is 0.159 e. The third-order valence-corrected chi connectivity index (χ3v) is 4.65. The van der Waals surface area contributed by atoms with E-state index in [9.17, 15) is 0 Å². The average Bonchev–Trinajstić information content (AvgIpc) is 2.92. The SMILES string of the molecule is CNc1nc(C(C)OC)nc(C2CCCC2)c1I. The fraction of sp³-hybridized carbons (Fsp3) is 0.692. The number of hydrogen-bond donors (Lipinski definition) is 1. The van der Waals surface area contributed by atoms with Gasteiger partial charge in [-0.15, -0.1) is 0 Å². The lowest BCUT2D eigenvalue weighted by Gasteiger charge is -2.17. The molecule has 2 rings (SSSR count). The number of methoxy groups -OCH3 is 1. The highest BCUT2D eigenvalue weighted by atomic mass is 127. The molecule has 1 aliphatic rings. The summed E-state index contributed by atoms with van der Waals surface area (Å²) in [7, 11) is 3.60. The maximum absolute atomic E-state index is 5.34. The number of ether oxygens (including phenoxy) is 1. The minimum Gasteiger partial charge on any atom is -0.374 e. The van der Waals surface area contributed by atoms with Gasteiger partial charge in [0.15, 0.2) is 5.82 Å². The zero-order valence-electron chi connectivity index (χ0n) is 11.2. The summed E-state index contributed by atoms with van der Waals surface area (Å²) in [5.74, 6) is 2.30. The second-order valence-corrected chi connectivity index (χ2v) is 5.82. The molecule has 1 atom stereocenters. The predicted octanol–water partition coefficient (Wildman–Crippen LogP) is 3.49. The van der Waals surface area contributed by atoms with Crippen molar-refractivity contribution in [1.82, 2.24) is 9.97 Å². The molecule has 1 N–H and O–H groups in total. The maximum atomic E-state index is 5.34. The Labute approximate surface area is 122 Å². The first-order valence-corrected chi connectivity index (χ1v) is 7.53. The summed E-state index contributed by atoms with van der Waals surface area (Å²) in [5.41, 5.74) is 1.20. The van der Waals surface area contributed by atoms with Crippen molar-refractivity contribution in [2.45, 2.75) is 44.6 Å². The van der Waals surface area contributed by atoms with E-state index in [0.717, 1.165) is 15.2 Å². The monoisotopic (exact) mass is 361 g/mol. The molecule has 100 valence electrons. The molecule has 0 spiro atoms. The summed E-state index contributed by atoms with van der Waals surface area (Å²) in [4.78, 5) is 9.29. The number of aromatic nitrogens is 2. The zero-order chi connectivity index (χ0) is 13.1. The van der Waals surface area contributed by atoms with E-state index in [1.165, 1.54) is 31.4 Å². The molecule has 1 unspecified atom stereocenters. The second kappa shape index (κ2) is 6.14. The highest BCUT2D eigenvalue weighted by Gasteiger charge is 2.24. The van der Waals surface area contributed by atoms with Crippen LogP contribution in [0.1, 0.15) is 56.1 Å². The smallest absolute Gasteiger partial charge is 0.159 e. The predicted molar refractivity (Wildman–Crippen MR) is 80.9 cm³/mol. The summed E-state index contributed by atoms with van der Waals surface area (Å²) < 4.78 is 6.50. The van der Waals surface area contributed by atoms with Gasteiger partial charge in [-0.2, -0.15) is 0 Å². The van der Waals surface area contributed by atoms with Gasteiger partial charge in [-0.05, 0) is 42.4 Å². The van der Waals surface area contributed by atoms with Crippen LogP contribution >= 0.6 is 22.6 Å². The van der Waals surface area contributed by atoms with Crippen LogP contribution in [-0.4, -0.2) is 24.1 Å². The average molecular weight is 361 g/mol. The molecule has 0 bridgehead atoms. The molecular weight excluding hydrogens is 341 g/mol. The van der Waals surface area contributed by atoms with Crippen molar-refractivity contribution < 1.29 is 4.74 Å². The van der Waals surface area contributed by atoms with Crippen LogP contribution < -0.4 is 5.32 Å². The van der Waals surface area contributed by atoms with Crippen molar-refractivity contribution in [1.29, 1.82) is 0 Å². The molecule has 1 fully saturated rings. The fourth-order valence-corrected chi connectivity index (χ4v) is 3.36. The summed E-state index contributed by atoms with van der Waals surface area (Å²) in [6.45, 7) is 1.99. The van der Waals surface area contributed by atoms with Crippen LogP contribution in [0.2, 0.25) is 0 Å². The zero-order valence-corrected chi connectivity index (χ0v) is 13.3. The summed E-state index contributed by atoms with van der Waals surface area (Å²) in [6, 6.07) is 0. The van der Waals surface area contributed by atoms with Crippen molar-refractivity contribution >= 4 is 28.4 Å². The number of nitrogens with zero attached hydrogens (tertiary/aromatic N) is 2. The van der Waals surface area contributed by atoms with E-state index in [4.69, 9.17) is 9.72 Å². The van der Waals surface area contributed by atoms with E-state index in [1.807, 2.05) is 14.0 Å². The van der Waals surface area contributed by atoms with Gasteiger partial charge in [-0.3, -0.25) is 0 Å². The number of nitrogens with one attached hydrogen (secondary N) is 1.